The second kappa shape index (κ2) is 3.91. The number of hydrogen-bond acceptors (Lipinski definition) is 3. The molecule has 2 amide bonds. The molecule has 4 N–H and O–H groups in total. The highest BCUT2D eigenvalue weighted by Crippen LogP contribution is 2.10. The summed E-state index contributed by atoms with van der Waals surface area (Å²) >= 11 is 0. The Morgan fingerprint density at radius 1 is 1.25 bits per heavy atom. The van der Waals surface area contributed by atoms with E-state index in [-0.39, 0.29) is 43.0 Å². The standard InChI is InChI=1S/C5H8N4O2.ClH/c6-5(7)8-9-3(10)1-2-4(9)11;/h1-2H2,(H4,6,7,8);1H. The molecule has 0 bridgehead atoms. The predicted octanol–water partition coefficient (Wildman–Crippen LogP) is -1.25. The topological polar surface area (TPSA) is 102 Å². The zero-order valence-electron chi connectivity index (χ0n) is 6.19. The highest BCUT2D eigenvalue weighted by Gasteiger charge is 2.28. The summed E-state index contributed by atoms with van der Waals surface area (Å²) in [6.45, 7) is 0. The van der Waals surface area contributed by atoms with E-state index in [0.29, 0.717) is 5.01 Å². The molecule has 0 atom stereocenters. The first-order valence-corrected chi connectivity index (χ1v) is 3.06. The number of hydrazone groups is 1. The van der Waals surface area contributed by atoms with E-state index in [1.165, 1.54) is 0 Å². The van der Waals surface area contributed by atoms with Crippen molar-refractivity contribution in [3.05, 3.63) is 0 Å². The van der Waals surface area contributed by atoms with Gasteiger partial charge in [-0.25, -0.2) is 0 Å². The Morgan fingerprint density at radius 3 is 2.00 bits per heavy atom. The number of amides is 2. The summed E-state index contributed by atoms with van der Waals surface area (Å²) in [5, 5.41) is 4.05. The van der Waals surface area contributed by atoms with Crippen LogP contribution in [-0.4, -0.2) is 22.8 Å². The van der Waals surface area contributed by atoms with Gasteiger partial charge in [-0.15, -0.1) is 17.5 Å². The zero-order valence-corrected chi connectivity index (χ0v) is 7.00. The third kappa shape index (κ3) is 2.09. The second-order valence-electron chi connectivity index (χ2n) is 2.12. The largest absolute Gasteiger partial charge is 0.369 e. The summed E-state index contributed by atoms with van der Waals surface area (Å²) in [7, 11) is 0. The Balaban J connectivity index is 0.00000121. The van der Waals surface area contributed by atoms with Crippen molar-refractivity contribution < 1.29 is 9.59 Å². The minimum atomic E-state index is -0.358. The summed E-state index contributed by atoms with van der Waals surface area (Å²) < 4.78 is 0. The van der Waals surface area contributed by atoms with Crippen LogP contribution in [-0.2, 0) is 9.59 Å². The average Bonchev–Trinajstić information content (AvgIpc) is 2.18. The molecule has 0 aromatic rings. The van der Waals surface area contributed by atoms with Gasteiger partial charge in [0.1, 0.15) is 0 Å². The third-order valence-corrected chi connectivity index (χ3v) is 1.24. The van der Waals surface area contributed by atoms with Crippen LogP contribution in [0.15, 0.2) is 5.10 Å². The molecule has 0 saturated carbocycles. The van der Waals surface area contributed by atoms with Gasteiger partial charge in [0.2, 0.25) is 5.96 Å². The number of halogens is 1. The number of hydrogen-bond donors (Lipinski definition) is 2. The summed E-state index contributed by atoms with van der Waals surface area (Å²) in [5.74, 6) is -1.000. The molecule has 7 heteroatoms. The first-order valence-electron chi connectivity index (χ1n) is 3.06. The predicted molar refractivity (Wildman–Crippen MR) is 44.1 cm³/mol. The molecule has 0 aromatic carbocycles. The number of imide groups is 1. The van der Waals surface area contributed by atoms with Gasteiger partial charge in [0.25, 0.3) is 11.8 Å². The maximum Gasteiger partial charge on any atom is 0.250 e. The van der Waals surface area contributed by atoms with Gasteiger partial charge in [-0.1, -0.05) is 0 Å². The Kier molecular flexibility index (Phi) is 3.49. The monoisotopic (exact) mass is 192 g/mol. The van der Waals surface area contributed by atoms with Gasteiger partial charge in [0.05, 0.1) is 0 Å². The fourth-order valence-corrected chi connectivity index (χ4v) is 0.792. The van der Waals surface area contributed by atoms with Crippen LogP contribution in [0.1, 0.15) is 12.8 Å². The van der Waals surface area contributed by atoms with Crippen molar-refractivity contribution in [3.63, 3.8) is 0 Å². The minimum Gasteiger partial charge on any atom is -0.369 e. The van der Waals surface area contributed by atoms with Gasteiger partial charge in [-0.05, 0) is 0 Å². The van der Waals surface area contributed by atoms with Crippen LogP contribution < -0.4 is 11.5 Å². The van der Waals surface area contributed by atoms with Crippen LogP contribution in [0.25, 0.3) is 0 Å². The molecule has 1 saturated heterocycles. The third-order valence-electron chi connectivity index (χ3n) is 1.24. The van der Waals surface area contributed by atoms with Crippen LogP contribution in [0.2, 0.25) is 0 Å². The first-order chi connectivity index (χ1) is 5.11. The van der Waals surface area contributed by atoms with E-state index in [9.17, 15) is 9.59 Å². The van der Waals surface area contributed by atoms with E-state index in [1.807, 2.05) is 0 Å². The van der Waals surface area contributed by atoms with Crippen LogP contribution in [0, 0.1) is 0 Å². The Hall–Kier alpha value is -1.30. The van der Waals surface area contributed by atoms with Crippen molar-refractivity contribution in [1.82, 2.24) is 5.01 Å². The van der Waals surface area contributed by atoms with Crippen molar-refractivity contribution >= 4 is 30.2 Å². The molecule has 0 aromatic heterocycles. The Labute approximate surface area is 75.0 Å². The number of guanidine groups is 1. The van der Waals surface area contributed by atoms with E-state index in [1.54, 1.807) is 0 Å². The molecule has 0 aliphatic carbocycles. The van der Waals surface area contributed by atoms with Gasteiger partial charge in [0, 0.05) is 12.8 Å². The van der Waals surface area contributed by atoms with Gasteiger partial charge in [-0.3, -0.25) is 9.59 Å². The van der Waals surface area contributed by atoms with Gasteiger partial charge in [0.15, 0.2) is 0 Å². The molecular formula is C5H9ClN4O2. The van der Waals surface area contributed by atoms with Crippen LogP contribution in [0.4, 0.5) is 0 Å². The number of carbonyl (C=O) groups excluding carboxylic acids is 2. The summed E-state index contributed by atoms with van der Waals surface area (Å²) in [4.78, 5) is 21.6. The minimum absolute atomic E-state index is 0. The first kappa shape index (κ1) is 10.7. The molecule has 0 radical (unpaired) electrons. The molecule has 1 aliphatic rings. The Morgan fingerprint density at radius 2 is 1.67 bits per heavy atom. The van der Waals surface area contributed by atoms with Crippen molar-refractivity contribution in [1.29, 1.82) is 0 Å². The molecule has 0 unspecified atom stereocenters. The molecule has 0 spiro atoms. The summed E-state index contributed by atoms with van der Waals surface area (Å²) in [6.07, 6.45) is 0.380. The lowest BCUT2D eigenvalue weighted by Gasteiger charge is -2.04. The fourth-order valence-electron chi connectivity index (χ4n) is 0.792. The van der Waals surface area contributed by atoms with E-state index in [0.717, 1.165) is 0 Å². The highest BCUT2D eigenvalue weighted by atomic mass is 35.5. The molecule has 1 heterocycles. The smallest absolute Gasteiger partial charge is 0.250 e. The molecule has 6 nitrogen and oxygen atoms in total. The van der Waals surface area contributed by atoms with Crippen molar-refractivity contribution in [2.45, 2.75) is 12.8 Å². The van der Waals surface area contributed by atoms with E-state index >= 15 is 0 Å². The maximum atomic E-state index is 10.8. The molecule has 68 valence electrons. The number of rotatable bonds is 1. The fraction of sp³-hybridized carbons (Fsp3) is 0.400. The zero-order chi connectivity index (χ0) is 8.43. The van der Waals surface area contributed by atoms with Crippen molar-refractivity contribution in [3.8, 4) is 0 Å². The lowest BCUT2D eigenvalue weighted by atomic mass is 10.4. The highest BCUT2D eigenvalue weighted by molar-refractivity contribution is 6.02. The molecule has 1 rings (SSSR count). The maximum absolute atomic E-state index is 10.8. The summed E-state index contributed by atoms with van der Waals surface area (Å²) in [6, 6.07) is 0. The summed E-state index contributed by atoms with van der Waals surface area (Å²) in [5.41, 5.74) is 9.96. The van der Waals surface area contributed by atoms with Crippen molar-refractivity contribution in [2.24, 2.45) is 16.6 Å². The van der Waals surface area contributed by atoms with Gasteiger partial charge in [-0.2, -0.15) is 5.01 Å². The Bertz CT molecular complexity index is 220. The second-order valence-corrected chi connectivity index (χ2v) is 2.12. The van der Waals surface area contributed by atoms with Crippen LogP contribution in [0.5, 0.6) is 0 Å². The van der Waals surface area contributed by atoms with Gasteiger partial charge < -0.3 is 11.5 Å². The lowest BCUT2D eigenvalue weighted by molar-refractivity contribution is -0.138. The van der Waals surface area contributed by atoms with E-state index in [2.05, 4.69) is 5.10 Å². The van der Waals surface area contributed by atoms with Crippen LogP contribution in [0.3, 0.4) is 0 Å². The number of nitrogens with two attached hydrogens (primary N) is 2. The molecule has 12 heavy (non-hydrogen) atoms. The molecular weight excluding hydrogens is 184 g/mol. The molecule has 1 aliphatic heterocycles. The van der Waals surface area contributed by atoms with Crippen LogP contribution >= 0.6 is 12.4 Å². The van der Waals surface area contributed by atoms with Gasteiger partial charge >= 0.3 is 0 Å². The quantitative estimate of drug-likeness (QED) is 0.308. The van der Waals surface area contributed by atoms with E-state index in [4.69, 9.17) is 11.5 Å². The number of nitrogens with zero attached hydrogens (tertiary/aromatic N) is 2. The lowest BCUT2D eigenvalue weighted by Crippen LogP contribution is -2.31. The normalized spacial score (nSPS) is 15.8. The average molecular weight is 193 g/mol. The number of carbonyl (C=O) groups is 2. The SMILES string of the molecule is Cl.NC(N)=NN1C(=O)CCC1=O. The van der Waals surface area contributed by atoms with E-state index < -0.39 is 0 Å². The molecule has 1 fully saturated rings. The van der Waals surface area contributed by atoms with Crippen molar-refractivity contribution in [2.75, 3.05) is 0 Å².